The third-order valence-electron chi connectivity index (χ3n) is 2.33. The third kappa shape index (κ3) is 2.77. The Kier molecular flexibility index (Phi) is 3.83. The Hall–Kier alpha value is -0.120. The molecule has 1 aliphatic rings. The molecule has 0 amide bonds. The zero-order valence-electron chi connectivity index (χ0n) is 6.92. The summed E-state index contributed by atoms with van der Waals surface area (Å²) in [6.07, 6.45) is 4.43. The van der Waals surface area contributed by atoms with Crippen LogP contribution < -0.4 is 11.1 Å². The van der Waals surface area contributed by atoms with E-state index in [2.05, 4.69) is 5.32 Å². The topological polar surface area (TPSA) is 58.3 Å². The highest BCUT2D eigenvalue weighted by Gasteiger charge is 2.18. The fraction of sp³-hybridized carbons (Fsp3) is 1.00. The molecule has 0 aromatic carbocycles. The number of nitrogens with one attached hydrogen (secondary N) is 1. The van der Waals surface area contributed by atoms with Gasteiger partial charge in [-0.2, -0.15) is 0 Å². The summed E-state index contributed by atoms with van der Waals surface area (Å²) < 4.78 is 0. The van der Waals surface area contributed by atoms with Crippen molar-refractivity contribution in [3.05, 3.63) is 0 Å². The molecule has 0 bridgehead atoms. The van der Waals surface area contributed by atoms with E-state index < -0.39 is 0 Å². The SMILES string of the molecule is N[C@@H](CCO)[C@@H]1CCCCN1. The van der Waals surface area contributed by atoms with E-state index in [4.69, 9.17) is 10.8 Å². The summed E-state index contributed by atoms with van der Waals surface area (Å²) >= 11 is 0. The maximum Gasteiger partial charge on any atom is 0.0446 e. The van der Waals surface area contributed by atoms with E-state index in [-0.39, 0.29) is 12.6 Å². The van der Waals surface area contributed by atoms with Gasteiger partial charge in [-0.05, 0) is 25.8 Å². The minimum absolute atomic E-state index is 0.139. The largest absolute Gasteiger partial charge is 0.396 e. The standard InChI is InChI=1S/C8H18N2O/c9-7(4-6-11)8-3-1-2-5-10-8/h7-8,10-11H,1-6,9H2/t7-,8-/m0/s1. The highest BCUT2D eigenvalue weighted by molar-refractivity contribution is 4.81. The molecule has 4 N–H and O–H groups in total. The lowest BCUT2D eigenvalue weighted by Gasteiger charge is -2.28. The van der Waals surface area contributed by atoms with Gasteiger partial charge in [0, 0.05) is 18.7 Å². The zero-order chi connectivity index (χ0) is 8.10. The summed E-state index contributed by atoms with van der Waals surface area (Å²) in [5, 5.41) is 12.0. The van der Waals surface area contributed by atoms with Crippen LogP contribution in [-0.2, 0) is 0 Å². The van der Waals surface area contributed by atoms with E-state index in [1.54, 1.807) is 0 Å². The molecule has 1 fully saturated rings. The van der Waals surface area contributed by atoms with Gasteiger partial charge in [0.15, 0.2) is 0 Å². The normalized spacial score (nSPS) is 28.4. The van der Waals surface area contributed by atoms with Gasteiger partial charge in [-0.15, -0.1) is 0 Å². The maximum absolute atomic E-state index is 8.66. The Balaban J connectivity index is 2.21. The van der Waals surface area contributed by atoms with Gasteiger partial charge in [0.2, 0.25) is 0 Å². The lowest BCUT2D eigenvalue weighted by Crippen LogP contribution is -2.47. The molecule has 0 aromatic heterocycles. The molecule has 0 aromatic rings. The Morgan fingerprint density at radius 3 is 2.91 bits per heavy atom. The number of aliphatic hydroxyl groups excluding tert-OH is 1. The van der Waals surface area contributed by atoms with Crippen molar-refractivity contribution in [2.24, 2.45) is 5.73 Å². The van der Waals surface area contributed by atoms with E-state index in [1.165, 1.54) is 19.3 Å². The molecule has 1 saturated heterocycles. The summed E-state index contributed by atoms with van der Waals surface area (Å²) in [5.41, 5.74) is 5.84. The molecule has 0 spiro atoms. The second-order valence-electron chi connectivity index (χ2n) is 3.23. The first-order valence-corrected chi connectivity index (χ1v) is 4.44. The van der Waals surface area contributed by atoms with Gasteiger partial charge in [0.05, 0.1) is 0 Å². The van der Waals surface area contributed by atoms with Crippen molar-refractivity contribution < 1.29 is 5.11 Å². The highest BCUT2D eigenvalue weighted by atomic mass is 16.3. The van der Waals surface area contributed by atoms with Crippen molar-refractivity contribution in [1.82, 2.24) is 5.32 Å². The van der Waals surface area contributed by atoms with Crippen LogP contribution in [0.5, 0.6) is 0 Å². The second kappa shape index (κ2) is 4.70. The van der Waals surface area contributed by atoms with E-state index in [1.807, 2.05) is 0 Å². The van der Waals surface area contributed by atoms with E-state index >= 15 is 0 Å². The van der Waals surface area contributed by atoms with Gasteiger partial charge in [-0.3, -0.25) is 0 Å². The Morgan fingerprint density at radius 2 is 2.36 bits per heavy atom. The molecule has 0 aliphatic carbocycles. The summed E-state index contributed by atoms with van der Waals surface area (Å²) in [4.78, 5) is 0. The average molecular weight is 158 g/mol. The van der Waals surface area contributed by atoms with Crippen molar-refractivity contribution in [3.8, 4) is 0 Å². The third-order valence-corrected chi connectivity index (χ3v) is 2.33. The number of rotatable bonds is 3. The molecule has 3 nitrogen and oxygen atoms in total. The van der Waals surface area contributed by atoms with Crippen molar-refractivity contribution >= 4 is 0 Å². The van der Waals surface area contributed by atoms with Crippen LogP contribution in [0.2, 0.25) is 0 Å². The van der Waals surface area contributed by atoms with Gasteiger partial charge >= 0.3 is 0 Å². The average Bonchev–Trinajstić information content (AvgIpc) is 2.07. The lowest BCUT2D eigenvalue weighted by molar-refractivity contribution is 0.248. The number of hydrogen-bond acceptors (Lipinski definition) is 3. The molecule has 1 rings (SSSR count). The van der Waals surface area contributed by atoms with Crippen molar-refractivity contribution in [3.63, 3.8) is 0 Å². The monoisotopic (exact) mass is 158 g/mol. The van der Waals surface area contributed by atoms with Crippen LogP contribution in [0.3, 0.4) is 0 Å². The Morgan fingerprint density at radius 1 is 1.55 bits per heavy atom. The van der Waals surface area contributed by atoms with E-state index in [0.717, 1.165) is 13.0 Å². The quantitative estimate of drug-likeness (QED) is 0.535. The Bertz CT molecular complexity index is 102. The van der Waals surface area contributed by atoms with Gasteiger partial charge in [-0.25, -0.2) is 0 Å². The molecule has 2 atom stereocenters. The minimum atomic E-state index is 0.139. The first kappa shape index (κ1) is 8.97. The van der Waals surface area contributed by atoms with Crippen LogP contribution in [0.15, 0.2) is 0 Å². The molecule has 0 radical (unpaired) electrons. The molecule has 11 heavy (non-hydrogen) atoms. The number of piperidine rings is 1. The Labute approximate surface area is 68.0 Å². The maximum atomic E-state index is 8.66. The van der Waals surface area contributed by atoms with Crippen molar-refractivity contribution in [2.45, 2.75) is 37.8 Å². The fourth-order valence-electron chi connectivity index (χ4n) is 1.59. The molecule has 66 valence electrons. The fourth-order valence-corrected chi connectivity index (χ4v) is 1.59. The molecule has 0 unspecified atom stereocenters. The highest BCUT2D eigenvalue weighted by Crippen LogP contribution is 2.10. The smallest absolute Gasteiger partial charge is 0.0446 e. The molecular weight excluding hydrogens is 140 g/mol. The van der Waals surface area contributed by atoms with Crippen LogP contribution in [0.25, 0.3) is 0 Å². The zero-order valence-corrected chi connectivity index (χ0v) is 6.92. The molecule has 0 saturated carbocycles. The molecule has 1 heterocycles. The number of nitrogens with two attached hydrogens (primary N) is 1. The van der Waals surface area contributed by atoms with E-state index in [0.29, 0.717) is 6.04 Å². The second-order valence-corrected chi connectivity index (χ2v) is 3.23. The van der Waals surface area contributed by atoms with Crippen LogP contribution in [0.4, 0.5) is 0 Å². The summed E-state index contributed by atoms with van der Waals surface area (Å²) in [6, 6.07) is 0.580. The van der Waals surface area contributed by atoms with Crippen molar-refractivity contribution in [2.75, 3.05) is 13.2 Å². The molecule has 3 heteroatoms. The van der Waals surface area contributed by atoms with Crippen LogP contribution >= 0.6 is 0 Å². The lowest BCUT2D eigenvalue weighted by atomic mass is 9.97. The summed E-state index contributed by atoms with van der Waals surface area (Å²) in [6.45, 7) is 1.29. The van der Waals surface area contributed by atoms with Gasteiger partial charge < -0.3 is 16.2 Å². The first-order valence-electron chi connectivity index (χ1n) is 4.44. The first-order chi connectivity index (χ1) is 5.34. The van der Waals surface area contributed by atoms with Gasteiger partial charge in [0.1, 0.15) is 0 Å². The van der Waals surface area contributed by atoms with Gasteiger partial charge in [0.25, 0.3) is 0 Å². The van der Waals surface area contributed by atoms with Crippen LogP contribution in [0, 0.1) is 0 Å². The minimum Gasteiger partial charge on any atom is -0.396 e. The number of hydrogen-bond donors (Lipinski definition) is 3. The molecule has 1 aliphatic heterocycles. The van der Waals surface area contributed by atoms with E-state index in [9.17, 15) is 0 Å². The summed E-state index contributed by atoms with van der Waals surface area (Å²) in [7, 11) is 0. The molecular formula is C8H18N2O. The van der Waals surface area contributed by atoms with Gasteiger partial charge in [-0.1, -0.05) is 6.42 Å². The van der Waals surface area contributed by atoms with Crippen LogP contribution in [-0.4, -0.2) is 30.3 Å². The van der Waals surface area contributed by atoms with Crippen LogP contribution in [0.1, 0.15) is 25.7 Å². The summed E-state index contributed by atoms with van der Waals surface area (Å²) in [5.74, 6) is 0. The van der Waals surface area contributed by atoms with Crippen molar-refractivity contribution in [1.29, 1.82) is 0 Å². The number of aliphatic hydroxyl groups is 1. The predicted octanol–water partition coefficient (Wildman–Crippen LogP) is -0.162. The predicted molar refractivity (Wildman–Crippen MR) is 45.3 cm³/mol.